The van der Waals surface area contributed by atoms with Crippen molar-refractivity contribution in [3.8, 4) is 5.75 Å². The van der Waals surface area contributed by atoms with E-state index in [0.29, 0.717) is 22.9 Å². The van der Waals surface area contributed by atoms with Gasteiger partial charge in [0.2, 0.25) is 0 Å². The first kappa shape index (κ1) is 36.3. The second kappa shape index (κ2) is 19.4. The summed E-state index contributed by atoms with van der Waals surface area (Å²) >= 11 is 0. The molecule has 0 saturated carbocycles. The zero-order valence-corrected chi connectivity index (χ0v) is 26.3. The van der Waals surface area contributed by atoms with Gasteiger partial charge in [0.15, 0.2) is 0 Å². The standard InChI is InChI=1S/C19H24N2.C12H15FO.C4H11N/c1-7-12-20-19(14(4)5)21-17-10-11-18(15(6)8-2)16(9-3)13-17;1-5-8(2)10-6-7-11(14-4)9(3)12(10)13;1-3-4(2)5/h7,10-13H,2,4,9H2,1,3,5-6H3,(H,20,21);5-7H,1-4H3;4H,3,5H2,1-2H3/b12-7-;8-5+;. The van der Waals surface area contributed by atoms with Crippen LogP contribution < -0.4 is 15.8 Å². The van der Waals surface area contributed by atoms with Crippen molar-refractivity contribution in [3.63, 3.8) is 0 Å². The maximum absolute atomic E-state index is 13.8. The largest absolute Gasteiger partial charge is 0.496 e. The molecule has 40 heavy (non-hydrogen) atoms. The Balaban J connectivity index is 0.000000686. The third-order valence-electron chi connectivity index (χ3n) is 6.23. The molecule has 0 saturated heterocycles. The number of rotatable bonds is 8. The quantitative estimate of drug-likeness (QED) is 0.196. The van der Waals surface area contributed by atoms with Crippen molar-refractivity contribution < 1.29 is 9.13 Å². The van der Waals surface area contributed by atoms with Gasteiger partial charge in [0.05, 0.1) is 7.11 Å². The zero-order valence-electron chi connectivity index (χ0n) is 26.3. The smallest absolute Gasteiger partial charge is 0.137 e. The predicted molar refractivity (Wildman–Crippen MR) is 176 cm³/mol. The van der Waals surface area contributed by atoms with E-state index in [4.69, 9.17) is 10.5 Å². The van der Waals surface area contributed by atoms with Gasteiger partial charge >= 0.3 is 0 Å². The number of methoxy groups -OCH3 is 1. The van der Waals surface area contributed by atoms with Crippen molar-refractivity contribution in [2.45, 2.75) is 81.2 Å². The average molecular weight is 548 g/mol. The fourth-order valence-electron chi connectivity index (χ4n) is 3.31. The average Bonchev–Trinajstić information content (AvgIpc) is 2.96. The molecule has 2 aromatic rings. The second-order valence-corrected chi connectivity index (χ2v) is 9.50. The summed E-state index contributed by atoms with van der Waals surface area (Å²) < 4.78 is 18.8. The van der Waals surface area contributed by atoms with Crippen LogP contribution >= 0.6 is 0 Å². The molecule has 0 aliphatic carbocycles. The van der Waals surface area contributed by atoms with Crippen LogP contribution in [0.15, 0.2) is 78.1 Å². The predicted octanol–water partition coefficient (Wildman–Crippen LogP) is 9.67. The Hall–Kier alpha value is -3.66. The molecule has 3 N–H and O–H groups in total. The van der Waals surface area contributed by atoms with Crippen molar-refractivity contribution >= 4 is 22.7 Å². The first-order chi connectivity index (χ1) is 18.9. The number of aryl methyl sites for hydroxylation is 1. The van der Waals surface area contributed by atoms with E-state index in [9.17, 15) is 4.39 Å². The summed E-state index contributed by atoms with van der Waals surface area (Å²) in [6.07, 6.45) is 7.59. The number of aliphatic imine (C=N–C) groups is 1. The van der Waals surface area contributed by atoms with E-state index in [1.54, 1.807) is 32.4 Å². The summed E-state index contributed by atoms with van der Waals surface area (Å²) in [6, 6.07) is 10.2. The van der Waals surface area contributed by atoms with Crippen molar-refractivity contribution in [2.75, 3.05) is 12.4 Å². The number of ether oxygens (including phenoxy) is 1. The molecule has 0 fully saturated rings. The maximum atomic E-state index is 13.8. The van der Waals surface area contributed by atoms with Crippen LogP contribution in [0.5, 0.6) is 5.75 Å². The van der Waals surface area contributed by atoms with Gasteiger partial charge in [-0.25, -0.2) is 9.38 Å². The van der Waals surface area contributed by atoms with Gasteiger partial charge in [0.25, 0.3) is 0 Å². The Labute approximate surface area is 243 Å². The Morgan fingerprint density at radius 2 is 1.75 bits per heavy atom. The minimum absolute atomic E-state index is 0.194. The number of nitrogens with two attached hydrogens (primary N) is 1. The van der Waals surface area contributed by atoms with Gasteiger partial charge in [0, 0.05) is 29.1 Å². The molecular weight excluding hydrogens is 497 g/mol. The minimum Gasteiger partial charge on any atom is -0.496 e. The number of amidine groups is 1. The number of nitrogens with zero attached hydrogens (tertiary/aromatic N) is 1. The van der Waals surface area contributed by atoms with E-state index in [-0.39, 0.29) is 5.82 Å². The summed E-state index contributed by atoms with van der Waals surface area (Å²) in [5, 5.41) is 3.33. The zero-order chi connectivity index (χ0) is 30.8. The van der Waals surface area contributed by atoms with Crippen molar-refractivity contribution in [3.05, 3.63) is 101 Å². The highest BCUT2D eigenvalue weighted by Gasteiger charge is 2.10. The lowest BCUT2D eigenvalue weighted by molar-refractivity contribution is 0.407. The van der Waals surface area contributed by atoms with Crippen molar-refractivity contribution in [1.82, 2.24) is 0 Å². The molecule has 1 unspecified atom stereocenters. The van der Waals surface area contributed by atoms with E-state index in [0.717, 1.165) is 41.1 Å². The number of hydrogen-bond acceptors (Lipinski definition) is 3. The Morgan fingerprint density at radius 3 is 2.20 bits per heavy atom. The highest BCUT2D eigenvalue weighted by atomic mass is 19.1. The van der Waals surface area contributed by atoms with Crippen LogP contribution in [0.25, 0.3) is 11.1 Å². The van der Waals surface area contributed by atoms with Crippen LogP contribution in [-0.4, -0.2) is 19.0 Å². The molecule has 0 spiro atoms. The topological polar surface area (TPSA) is 59.6 Å². The monoisotopic (exact) mass is 547 g/mol. The normalized spacial score (nSPS) is 11.9. The van der Waals surface area contributed by atoms with Gasteiger partial charge in [-0.2, -0.15) is 0 Å². The summed E-state index contributed by atoms with van der Waals surface area (Å²) in [4.78, 5) is 4.36. The highest BCUT2D eigenvalue weighted by molar-refractivity contribution is 6.07. The summed E-state index contributed by atoms with van der Waals surface area (Å²) in [5.41, 5.74) is 15.8. The SMILES string of the molecule is C/C=C(\C)c1ccc(OC)c(C)c1F.C=C=C(C)c1ccc(NC(=N/C=C\C)C(=C)C)cc1CC.CCC(C)N. The molecule has 0 radical (unpaired) electrons. The third-order valence-corrected chi connectivity index (χ3v) is 6.23. The van der Waals surface area contributed by atoms with Crippen LogP contribution in [0.3, 0.4) is 0 Å². The van der Waals surface area contributed by atoms with Crippen LogP contribution in [0.1, 0.15) is 84.1 Å². The van der Waals surface area contributed by atoms with E-state index in [1.807, 2.05) is 59.8 Å². The van der Waals surface area contributed by atoms with Gasteiger partial charge in [-0.05, 0) is 113 Å². The minimum atomic E-state index is -0.194. The molecule has 4 nitrogen and oxygen atoms in total. The molecular formula is C35H50FN3O. The number of nitrogens with one attached hydrogen (secondary N) is 1. The third kappa shape index (κ3) is 12.0. The highest BCUT2D eigenvalue weighted by Crippen LogP contribution is 2.27. The Kier molecular flexibility index (Phi) is 17.6. The molecule has 0 aromatic heterocycles. The number of halogens is 1. The molecule has 1 atom stereocenters. The first-order valence-corrected chi connectivity index (χ1v) is 13.8. The fourth-order valence-corrected chi connectivity index (χ4v) is 3.31. The van der Waals surface area contributed by atoms with Gasteiger partial charge < -0.3 is 15.8 Å². The summed E-state index contributed by atoms with van der Waals surface area (Å²) in [6.45, 7) is 25.3. The molecule has 0 heterocycles. The summed E-state index contributed by atoms with van der Waals surface area (Å²) in [5.74, 6) is 1.17. The molecule has 218 valence electrons. The van der Waals surface area contributed by atoms with Gasteiger partial charge in [-0.3, -0.25) is 0 Å². The first-order valence-electron chi connectivity index (χ1n) is 13.8. The number of hydrogen-bond donors (Lipinski definition) is 2. The lowest BCUT2D eigenvalue weighted by Gasteiger charge is -2.13. The molecule has 0 aliphatic rings. The van der Waals surface area contributed by atoms with Crippen molar-refractivity contribution in [1.29, 1.82) is 0 Å². The van der Waals surface area contributed by atoms with Crippen LogP contribution in [-0.2, 0) is 6.42 Å². The van der Waals surface area contributed by atoms with E-state index in [2.05, 4.69) is 55.2 Å². The van der Waals surface area contributed by atoms with E-state index < -0.39 is 0 Å². The molecule has 2 aromatic carbocycles. The number of allylic oxidation sites excluding steroid dienone is 4. The lowest BCUT2D eigenvalue weighted by atomic mass is 9.99. The van der Waals surface area contributed by atoms with Crippen molar-refractivity contribution in [2.24, 2.45) is 10.7 Å². The molecule has 0 amide bonds. The van der Waals surface area contributed by atoms with Gasteiger partial charge in [-0.15, -0.1) is 5.73 Å². The maximum Gasteiger partial charge on any atom is 0.137 e. The number of anilines is 1. The summed E-state index contributed by atoms with van der Waals surface area (Å²) in [7, 11) is 1.55. The molecule has 5 heteroatoms. The van der Waals surface area contributed by atoms with Crippen LogP contribution in [0, 0.1) is 12.7 Å². The Bertz CT molecular complexity index is 1250. The van der Waals surface area contributed by atoms with Gasteiger partial charge in [-0.1, -0.05) is 45.2 Å². The molecule has 2 rings (SSSR count). The van der Waals surface area contributed by atoms with E-state index in [1.165, 1.54) is 11.1 Å². The van der Waals surface area contributed by atoms with Crippen LogP contribution in [0.2, 0.25) is 0 Å². The number of benzene rings is 2. The second-order valence-electron chi connectivity index (χ2n) is 9.50. The lowest BCUT2D eigenvalue weighted by Crippen LogP contribution is -2.12. The molecule has 0 aliphatic heterocycles. The van der Waals surface area contributed by atoms with Crippen LogP contribution in [0.4, 0.5) is 10.1 Å². The fraction of sp³-hybridized carbons (Fsp3) is 0.371. The van der Waals surface area contributed by atoms with Gasteiger partial charge in [0.1, 0.15) is 17.4 Å². The molecule has 0 bridgehead atoms. The Morgan fingerprint density at radius 1 is 1.15 bits per heavy atom. The van der Waals surface area contributed by atoms with E-state index >= 15 is 0 Å².